The molecule has 0 spiro atoms. The first-order valence-corrected chi connectivity index (χ1v) is 5.09. The molecule has 0 radical (unpaired) electrons. The van der Waals surface area contributed by atoms with Crippen LogP contribution in [-0.2, 0) is 0 Å². The van der Waals surface area contributed by atoms with Crippen molar-refractivity contribution in [1.82, 2.24) is 5.32 Å². The maximum absolute atomic E-state index is 12.6. The number of hydrogen-bond donors (Lipinski definition) is 1. The molecule has 3 heteroatoms. The molecular formula is C12H16FNO. The molecule has 2 nitrogen and oxygen atoms in total. The fourth-order valence-corrected chi connectivity index (χ4v) is 1.39. The van der Waals surface area contributed by atoms with Crippen LogP contribution in [0, 0.1) is 11.7 Å². The van der Waals surface area contributed by atoms with Crippen molar-refractivity contribution in [3.63, 3.8) is 0 Å². The fraction of sp³-hybridized carbons (Fsp3) is 0.417. The van der Waals surface area contributed by atoms with Crippen molar-refractivity contribution in [2.24, 2.45) is 5.92 Å². The van der Waals surface area contributed by atoms with Gasteiger partial charge in [0.2, 0.25) is 0 Å². The van der Waals surface area contributed by atoms with Crippen molar-refractivity contribution in [3.8, 4) is 0 Å². The van der Waals surface area contributed by atoms with Gasteiger partial charge in [0.1, 0.15) is 5.82 Å². The van der Waals surface area contributed by atoms with Crippen LogP contribution in [0.4, 0.5) is 4.39 Å². The number of ketones is 1. The normalized spacial score (nSPS) is 12.5. The van der Waals surface area contributed by atoms with Gasteiger partial charge in [-0.1, -0.05) is 6.92 Å². The smallest absolute Gasteiger partial charge is 0.165 e. The minimum Gasteiger partial charge on any atom is -0.320 e. The number of benzene rings is 1. The van der Waals surface area contributed by atoms with E-state index in [0.29, 0.717) is 5.56 Å². The first-order valence-electron chi connectivity index (χ1n) is 5.09. The Hall–Kier alpha value is -1.22. The van der Waals surface area contributed by atoms with Gasteiger partial charge in [-0.25, -0.2) is 4.39 Å². The van der Waals surface area contributed by atoms with E-state index in [0.717, 1.165) is 13.0 Å². The Bertz CT molecular complexity index is 321. The lowest BCUT2D eigenvalue weighted by Gasteiger charge is -2.09. The van der Waals surface area contributed by atoms with Gasteiger partial charge < -0.3 is 5.32 Å². The van der Waals surface area contributed by atoms with Gasteiger partial charge in [-0.05, 0) is 44.3 Å². The van der Waals surface area contributed by atoms with E-state index < -0.39 is 0 Å². The summed E-state index contributed by atoms with van der Waals surface area (Å²) in [6.07, 6.45) is 0.798. The number of nitrogens with one attached hydrogen (secondary N) is 1. The molecule has 0 aliphatic heterocycles. The van der Waals surface area contributed by atoms with E-state index in [-0.39, 0.29) is 17.5 Å². The molecule has 0 fully saturated rings. The number of carbonyl (C=O) groups is 1. The largest absolute Gasteiger partial charge is 0.320 e. The molecule has 0 heterocycles. The van der Waals surface area contributed by atoms with Crippen LogP contribution in [0.2, 0.25) is 0 Å². The van der Waals surface area contributed by atoms with Crippen LogP contribution < -0.4 is 5.32 Å². The van der Waals surface area contributed by atoms with Crippen LogP contribution in [0.1, 0.15) is 23.7 Å². The molecule has 0 bridgehead atoms. The lowest BCUT2D eigenvalue weighted by Crippen LogP contribution is -2.18. The molecule has 0 aliphatic rings. The van der Waals surface area contributed by atoms with Crippen LogP contribution in [0.3, 0.4) is 0 Å². The van der Waals surface area contributed by atoms with Gasteiger partial charge in [-0.15, -0.1) is 0 Å². The van der Waals surface area contributed by atoms with E-state index in [1.807, 2.05) is 14.0 Å². The molecule has 15 heavy (non-hydrogen) atoms. The lowest BCUT2D eigenvalue weighted by molar-refractivity contribution is 0.0924. The van der Waals surface area contributed by atoms with Gasteiger partial charge in [0.05, 0.1) is 0 Å². The highest BCUT2D eigenvalue weighted by Gasteiger charge is 2.14. The predicted molar refractivity (Wildman–Crippen MR) is 58.4 cm³/mol. The molecule has 0 saturated heterocycles. The van der Waals surface area contributed by atoms with E-state index in [9.17, 15) is 9.18 Å². The van der Waals surface area contributed by atoms with Crippen LogP contribution in [0.25, 0.3) is 0 Å². The minimum absolute atomic E-state index is 0.0251. The van der Waals surface area contributed by atoms with Crippen LogP contribution in [0.15, 0.2) is 24.3 Å². The summed E-state index contributed by atoms with van der Waals surface area (Å²) < 4.78 is 12.6. The van der Waals surface area contributed by atoms with Crippen LogP contribution in [0.5, 0.6) is 0 Å². The average molecular weight is 209 g/mol. The molecule has 0 amide bonds. The molecular weight excluding hydrogens is 193 g/mol. The van der Waals surface area contributed by atoms with Gasteiger partial charge in [0.15, 0.2) is 5.78 Å². The van der Waals surface area contributed by atoms with Crippen LogP contribution in [-0.4, -0.2) is 19.4 Å². The molecule has 82 valence electrons. The van der Waals surface area contributed by atoms with Crippen molar-refractivity contribution in [3.05, 3.63) is 35.6 Å². The van der Waals surface area contributed by atoms with Crippen molar-refractivity contribution in [2.45, 2.75) is 13.3 Å². The summed E-state index contributed by atoms with van der Waals surface area (Å²) in [5.74, 6) is -0.261. The standard InChI is InChI=1S/C12H16FNO/c1-9(7-8-14-2)12(15)10-3-5-11(13)6-4-10/h3-6,9,14H,7-8H2,1-2H3. The molecule has 0 aromatic heterocycles. The Labute approximate surface area is 89.5 Å². The summed E-state index contributed by atoms with van der Waals surface area (Å²) in [6.45, 7) is 2.71. The maximum atomic E-state index is 12.6. The lowest BCUT2D eigenvalue weighted by atomic mass is 9.96. The Balaban J connectivity index is 2.63. The zero-order valence-electron chi connectivity index (χ0n) is 9.09. The van der Waals surface area contributed by atoms with E-state index >= 15 is 0 Å². The van der Waals surface area contributed by atoms with Gasteiger partial charge in [-0.2, -0.15) is 0 Å². The molecule has 1 aromatic carbocycles. The summed E-state index contributed by atoms with van der Waals surface area (Å²) >= 11 is 0. The number of carbonyl (C=O) groups excluding carboxylic acids is 1. The molecule has 0 saturated carbocycles. The van der Waals surface area contributed by atoms with E-state index in [2.05, 4.69) is 5.32 Å². The Morgan fingerprint density at radius 1 is 1.40 bits per heavy atom. The Morgan fingerprint density at radius 2 is 2.00 bits per heavy atom. The minimum atomic E-state index is -0.311. The maximum Gasteiger partial charge on any atom is 0.165 e. The third-order valence-electron chi connectivity index (χ3n) is 2.40. The van der Waals surface area contributed by atoms with Crippen molar-refractivity contribution in [2.75, 3.05) is 13.6 Å². The SMILES string of the molecule is CNCCC(C)C(=O)c1ccc(F)cc1. The second-order valence-corrected chi connectivity index (χ2v) is 3.66. The summed E-state index contributed by atoms with van der Waals surface area (Å²) in [7, 11) is 1.86. The molecule has 1 atom stereocenters. The predicted octanol–water partition coefficient (Wildman–Crippen LogP) is 2.25. The van der Waals surface area contributed by atoms with E-state index in [4.69, 9.17) is 0 Å². The first-order chi connectivity index (χ1) is 7.15. The number of rotatable bonds is 5. The molecule has 0 aliphatic carbocycles. The highest BCUT2D eigenvalue weighted by molar-refractivity contribution is 5.97. The zero-order valence-corrected chi connectivity index (χ0v) is 9.09. The molecule has 1 N–H and O–H groups in total. The highest BCUT2D eigenvalue weighted by atomic mass is 19.1. The average Bonchev–Trinajstić information content (AvgIpc) is 2.26. The molecule has 1 unspecified atom stereocenters. The second kappa shape index (κ2) is 5.61. The highest BCUT2D eigenvalue weighted by Crippen LogP contribution is 2.12. The quantitative estimate of drug-likeness (QED) is 0.754. The van der Waals surface area contributed by atoms with Crippen molar-refractivity contribution >= 4 is 5.78 Å². The van der Waals surface area contributed by atoms with E-state index in [1.165, 1.54) is 24.3 Å². The van der Waals surface area contributed by atoms with E-state index in [1.54, 1.807) is 0 Å². The molecule has 1 rings (SSSR count). The zero-order chi connectivity index (χ0) is 11.3. The fourth-order valence-electron chi connectivity index (χ4n) is 1.39. The number of halogens is 1. The van der Waals surface area contributed by atoms with Crippen molar-refractivity contribution < 1.29 is 9.18 Å². The summed E-state index contributed by atoms with van der Waals surface area (Å²) in [5.41, 5.74) is 0.583. The second-order valence-electron chi connectivity index (χ2n) is 3.66. The molecule has 1 aromatic rings. The van der Waals surface area contributed by atoms with Crippen LogP contribution >= 0.6 is 0 Å². The van der Waals surface area contributed by atoms with Crippen molar-refractivity contribution in [1.29, 1.82) is 0 Å². The third-order valence-corrected chi connectivity index (χ3v) is 2.40. The topological polar surface area (TPSA) is 29.1 Å². The summed E-state index contributed by atoms with van der Waals surface area (Å²) in [4.78, 5) is 11.8. The van der Waals surface area contributed by atoms with Gasteiger partial charge >= 0.3 is 0 Å². The summed E-state index contributed by atoms with van der Waals surface area (Å²) in [5, 5.41) is 3.00. The Kier molecular flexibility index (Phi) is 4.43. The van der Waals surface area contributed by atoms with Gasteiger partial charge in [0, 0.05) is 11.5 Å². The monoisotopic (exact) mass is 209 g/mol. The number of hydrogen-bond acceptors (Lipinski definition) is 2. The first kappa shape index (κ1) is 11.9. The number of Topliss-reactive ketones (excluding diaryl/α,β-unsaturated/α-hetero) is 1. The Morgan fingerprint density at radius 3 is 2.53 bits per heavy atom. The summed E-state index contributed by atoms with van der Waals surface area (Å²) in [6, 6.07) is 5.71. The van der Waals surface area contributed by atoms with Gasteiger partial charge in [0.25, 0.3) is 0 Å². The van der Waals surface area contributed by atoms with Gasteiger partial charge in [-0.3, -0.25) is 4.79 Å². The third kappa shape index (κ3) is 3.44.